The molecule has 0 aliphatic carbocycles. The summed E-state index contributed by atoms with van der Waals surface area (Å²) >= 11 is 0. The molecule has 3 amide bonds. The highest BCUT2D eigenvalue weighted by molar-refractivity contribution is 6.10. The first kappa shape index (κ1) is 19.2. The Morgan fingerprint density at radius 2 is 1.89 bits per heavy atom. The van der Waals surface area contributed by atoms with Gasteiger partial charge in [0.25, 0.3) is 5.91 Å². The number of hydrogen-bond acceptors (Lipinski definition) is 5. The predicted molar refractivity (Wildman–Crippen MR) is 104 cm³/mol. The van der Waals surface area contributed by atoms with Gasteiger partial charge in [0.05, 0.1) is 31.2 Å². The van der Waals surface area contributed by atoms with Gasteiger partial charge in [-0.15, -0.1) is 0 Å². The predicted octanol–water partition coefficient (Wildman–Crippen LogP) is 2.17. The van der Waals surface area contributed by atoms with Crippen LogP contribution in [0.1, 0.15) is 23.2 Å². The van der Waals surface area contributed by atoms with Crippen LogP contribution in [-0.4, -0.2) is 38.0 Å². The zero-order valence-corrected chi connectivity index (χ0v) is 15.6. The van der Waals surface area contributed by atoms with Crippen LogP contribution in [0.3, 0.4) is 0 Å². The summed E-state index contributed by atoms with van der Waals surface area (Å²) in [5, 5.41) is 8.13. The van der Waals surface area contributed by atoms with E-state index < -0.39 is 6.04 Å². The summed E-state index contributed by atoms with van der Waals surface area (Å²) in [4.78, 5) is 37.1. The maximum absolute atomic E-state index is 12.4. The van der Waals surface area contributed by atoms with E-state index >= 15 is 0 Å². The van der Waals surface area contributed by atoms with Crippen molar-refractivity contribution in [3.63, 3.8) is 0 Å². The van der Waals surface area contributed by atoms with Crippen LogP contribution >= 0.6 is 0 Å². The lowest BCUT2D eigenvalue weighted by Gasteiger charge is -2.15. The van der Waals surface area contributed by atoms with Crippen molar-refractivity contribution in [2.45, 2.75) is 18.9 Å². The average molecular weight is 383 g/mol. The molecule has 0 unspecified atom stereocenters. The minimum atomic E-state index is -0.808. The molecular weight excluding hydrogens is 362 g/mol. The average Bonchev–Trinajstić information content (AvgIpc) is 2.82. The summed E-state index contributed by atoms with van der Waals surface area (Å²) in [6.45, 7) is 0. The number of benzene rings is 2. The molecule has 0 radical (unpaired) electrons. The van der Waals surface area contributed by atoms with Gasteiger partial charge >= 0.3 is 0 Å². The Kier molecular flexibility index (Phi) is 5.78. The molecule has 0 spiro atoms. The van der Waals surface area contributed by atoms with Crippen molar-refractivity contribution in [2.24, 2.45) is 0 Å². The fourth-order valence-corrected chi connectivity index (χ4v) is 2.91. The van der Waals surface area contributed by atoms with E-state index in [1.165, 1.54) is 14.2 Å². The van der Waals surface area contributed by atoms with Crippen LogP contribution in [-0.2, 0) is 9.59 Å². The minimum Gasteiger partial charge on any atom is -0.497 e. The number of rotatable bonds is 6. The molecule has 3 rings (SSSR count). The molecule has 0 bridgehead atoms. The maximum atomic E-state index is 12.4. The monoisotopic (exact) mass is 383 g/mol. The third-order valence-electron chi connectivity index (χ3n) is 4.39. The molecule has 0 saturated carbocycles. The van der Waals surface area contributed by atoms with Gasteiger partial charge < -0.3 is 25.4 Å². The van der Waals surface area contributed by atoms with E-state index in [4.69, 9.17) is 9.47 Å². The summed E-state index contributed by atoms with van der Waals surface area (Å²) in [6.07, 6.45) is 0.193. The fraction of sp³-hybridized carbons (Fsp3) is 0.250. The van der Waals surface area contributed by atoms with Gasteiger partial charge in [0.15, 0.2) is 0 Å². The van der Waals surface area contributed by atoms with Crippen LogP contribution in [0.25, 0.3) is 0 Å². The molecule has 2 aromatic rings. The van der Waals surface area contributed by atoms with Crippen LogP contribution < -0.4 is 25.4 Å². The lowest BCUT2D eigenvalue weighted by Crippen LogP contribution is -2.41. The molecule has 1 aliphatic heterocycles. The molecule has 0 fully saturated rings. The summed E-state index contributed by atoms with van der Waals surface area (Å²) in [6, 6.07) is 11.0. The van der Waals surface area contributed by atoms with Crippen LogP contribution in [0.2, 0.25) is 0 Å². The van der Waals surface area contributed by atoms with Gasteiger partial charge in [0.2, 0.25) is 11.8 Å². The summed E-state index contributed by atoms with van der Waals surface area (Å²) in [5.74, 6) is 0.0450. The molecule has 1 heterocycles. The second kappa shape index (κ2) is 8.43. The lowest BCUT2D eigenvalue weighted by molar-refractivity contribution is -0.118. The van der Waals surface area contributed by atoms with E-state index in [2.05, 4.69) is 16.0 Å². The molecule has 146 valence electrons. The first-order valence-electron chi connectivity index (χ1n) is 8.74. The summed E-state index contributed by atoms with van der Waals surface area (Å²) < 4.78 is 10.4. The van der Waals surface area contributed by atoms with E-state index in [1.54, 1.807) is 42.5 Å². The van der Waals surface area contributed by atoms with Crippen molar-refractivity contribution >= 4 is 29.1 Å². The van der Waals surface area contributed by atoms with E-state index in [1.807, 2.05) is 0 Å². The zero-order valence-electron chi connectivity index (χ0n) is 15.6. The van der Waals surface area contributed by atoms with E-state index in [9.17, 15) is 14.4 Å². The fourth-order valence-electron chi connectivity index (χ4n) is 2.91. The largest absolute Gasteiger partial charge is 0.497 e. The maximum Gasteiger partial charge on any atom is 0.254 e. The van der Waals surface area contributed by atoms with Crippen molar-refractivity contribution in [3.8, 4) is 11.5 Å². The standard InChI is InChI=1S/C20H21N3O5/c1-27-12-7-9-17(28-2)16(11-12)21-18(24)10-8-15-20(26)22-14-6-4-3-5-13(14)19(25)23-15/h3-7,9,11,15H,8,10H2,1-2H3,(H,21,24)(H,22,26)(H,23,25)/t15-/m1/s1. The first-order valence-corrected chi connectivity index (χ1v) is 8.74. The molecule has 8 nitrogen and oxygen atoms in total. The number of fused-ring (bicyclic) bond motifs is 1. The summed E-state index contributed by atoms with van der Waals surface area (Å²) in [5.41, 5.74) is 1.32. The van der Waals surface area contributed by atoms with Gasteiger partial charge in [0, 0.05) is 12.5 Å². The molecule has 1 atom stereocenters. The quantitative estimate of drug-likeness (QED) is 0.709. The number of amides is 3. The molecular formula is C20H21N3O5. The Hall–Kier alpha value is -3.55. The number of anilines is 2. The van der Waals surface area contributed by atoms with Gasteiger partial charge in [-0.05, 0) is 30.7 Å². The van der Waals surface area contributed by atoms with E-state index in [0.29, 0.717) is 28.4 Å². The van der Waals surface area contributed by atoms with Crippen LogP contribution in [0.15, 0.2) is 42.5 Å². The molecule has 2 aromatic carbocycles. The molecule has 0 saturated heterocycles. The first-order chi connectivity index (χ1) is 13.5. The van der Waals surface area contributed by atoms with Gasteiger partial charge in [-0.3, -0.25) is 14.4 Å². The number of methoxy groups -OCH3 is 2. The Labute approximate surface area is 162 Å². The second-order valence-corrected chi connectivity index (χ2v) is 6.21. The number of carbonyl (C=O) groups is 3. The van der Waals surface area contributed by atoms with Crippen molar-refractivity contribution in [1.82, 2.24) is 5.32 Å². The Bertz CT molecular complexity index is 912. The smallest absolute Gasteiger partial charge is 0.254 e. The van der Waals surface area contributed by atoms with Gasteiger partial charge in [-0.1, -0.05) is 12.1 Å². The SMILES string of the molecule is COc1ccc(OC)c(NC(=O)CC[C@H]2NC(=O)c3ccccc3NC2=O)c1. The second-order valence-electron chi connectivity index (χ2n) is 6.21. The Balaban J connectivity index is 1.64. The highest BCUT2D eigenvalue weighted by Gasteiger charge is 2.27. The van der Waals surface area contributed by atoms with Crippen molar-refractivity contribution < 1.29 is 23.9 Å². The zero-order chi connectivity index (χ0) is 20.1. The molecule has 0 aromatic heterocycles. The number of carbonyl (C=O) groups excluding carboxylic acids is 3. The topological polar surface area (TPSA) is 106 Å². The van der Waals surface area contributed by atoms with Crippen LogP contribution in [0.5, 0.6) is 11.5 Å². The van der Waals surface area contributed by atoms with Crippen molar-refractivity contribution in [1.29, 1.82) is 0 Å². The van der Waals surface area contributed by atoms with Gasteiger partial charge in [0.1, 0.15) is 17.5 Å². The minimum absolute atomic E-state index is 0.0368. The molecule has 28 heavy (non-hydrogen) atoms. The van der Waals surface area contributed by atoms with E-state index in [-0.39, 0.29) is 30.6 Å². The van der Waals surface area contributed by atoms with Crippen LogP contribution in [0.4, 0.5) is 11.4 Å². The third kappa shape index (κ3) is 4.22. The summed E-state index contributed by atoms with van der Waals surface area (Å²) in [7, 11) is 3.03. The highest BCUT2D eigenvalue weighted by Crippen LogP contribution is 2.29. The lowest BCUT2D eigenvalue weighted by atomic mass is 10.1. The Morgan fingerprint density at radius 1 is 1.11 bits per heavy atom. The molecule has 3 N–H and O–H groups in total. The van der Waals surface area contributed by atoms with Crippen LogP contribution in [0, 0.1) is 0 Å². The van der Waals surface area contributed by atoms with Gasteiger partial charge in [-0.2, -0.15) is 0 Å². The highest BCUT2D eigenvalue weighted by atomic mass is 16.5. The number of ether oxygens (including phenoxy) is 2. The Morgan fingerprint density at radius 3 is 2.64 bits per heavy atom. The normalized spacial score (nSPS) is 15.6. The number of hydrogen-bond donors (Lipinski definition) is 3. The molecule has 8 heteroatoms. The van der Waals surface area contributed by atoms with Crippen molar-refractivity contribution in [2.75, 3.05) is 24.9 Å². The molecule has 1 aliphatic rings. The van der Waals surface area contributed by atoms with Crippen molar-refractivity contribution in [3.05, 3.63) is 48.0 Å². The number of nitrogens with one attached hydrogen (secondary N) is 3. The van der Waals surface area contributed by atoms with E-state index in [0.717, 1.165) is 0 Å². The number of para-hydroxylation sites is 1. The van der Waals surface area contributed by atoms with Gasteiger partial charge in [-0.25, -0.2) is 0 Å². The third-order valence-corrected chi connectivity index (χ3v) is 4.39.